The summed E-state index contributed by atoms with van der Waals surface area (Å²) in [6, 6.07) is 4.29. The molecule has 90 valence electrons. The molecule has 0 radical (unpaired) electrons. The van der Waals surface area contributed by atoms with Gasteiger partial charge in [-0.25, -0.2) is 4.39 Å². The van der Waals surface area contributed by atoms with Gasteiger partial charge in [-0.1, -0.05) is 15.9 Å². The molecule has 2 nitrogen and oxygen atoms in total. The third-order valence-electron chi connectivity index (χ3n) is 2.05. The number of rotatable bonds is 3. The van der Waals surface area contributed by atoms with Crippen LogP contribution < -0.4 is 5.73 Å². The lowest BCUT2D eigenvalue weighted by Crippen LogP contribution is -2.26. The second-order valence-corrected chi connectivity index (χ2v) is 5.61. The van der Waals surface area contributed by atoms with Crippen LogP contribution in [0.2, 0.25) is 0 Å². The van der Waals surface area contributed by atoms with Gasteiger partial charge in [-0.3, -0.25) is 0 Å². The molecule has 0 saturated carbocycles. The molecule has 1 aromatic rings. The summed E-state index contributed by atoms with van der Waals surface area (Å²) in [5.74, 6) is -0.298. The topological polar surface area (TPSA) is 35.2 Å². The molecular formula is C12H17BrFNO. The summed E-state index contributed by atoms with van der Waals surface area (Å²) in [5.41, 5.74) is 6.09. The molecule has 0 saturated heterocycles. The second kappa shape index (κ2) is 5.25. The highest BCUT2D eigenvalue weighted by molar-refractivity contribution is 9.10. The highest BCUT2D eigenvalue weighted by Gasteiger charge is 2.16. The van der Waals surface area contributed by atoms with Gasteiger partial charge in [0.2, 0.25) is 0 Å². The fraction of sp³-hybridized carbons (Fsp3) is 0.500. The molecule has 1 aromatic carbocycles. The van der Waals surface area contributed by atoms with E-state index in [2.05, 4.69) is 15.9 Å². The van der Waals surface area contributed by atoms with Gasteiger partial charge in [0.15, 0.2) is 0 Å². The van der Waals surface area contributed by atoms with Gasteiger partial charge in [0, 0.05) is 10.0 Å². The largest absolute Gasteiger partial charge is 0.374 e. The van der Waals surface area contributed by atoms with Gasteiger partial charge in [-0.05, 0) is 39.0 Å². The summed E-state index contributed by atoms with van der Waals surface area (Å²) < 4.78 is 19.8. The number of benzene rings is 1. The quantitative estimate of drug-likeness (QED) is 0.926. The first-order valence-corrected chi connectivity index (χ1v) is 5.93. The molecular weight excluding hydrogens is 273 g/mol. The first kappa shape index (κ1) is 13.6. The molecule has 0 bridgehead atoms. The standard InChI is InChI=1S/C12H17BrFNO/c1-12(2,3)16-7-11(15)9-6-8(13)4-5-10(9)14/h4-6,11H,7,15H2,1-3H3. The van der Waals surface area contributed by atoms with Gasteiger partial charge in [0.05, 0.1) is 18.2 Å². The first-order chi connectivity index (χ1) is 7.29. The Bertz CT molecular complexity index is 363. The van der Waals surface area contributed by atoms with Crippen LogP contribution >= 0.6 is 15.9 Å². The van der Waals surface area contributed by atoms with Crippen LogP contribution in [-0.2, 0) is 4.74 Å². The zero-order chi connectivity index (χ0) is 12.3. The Labute approximate surface area is 104 Å². The van der Waals surface area contributed by atoms with Crippen molar-refractivity contribution in [3.63, 3.8) is 0 Å². The normalized spacial score (nSPS) is 13.9. The summed E-state index contributed by atoms with van der Waals surface area (Å²) in [4.78, 5) is 0. The van der Waals surface area contributed by atoms with Crippen molar-refractivity contribution in [1.29, 1.82) is 0 Å². The van der Waals surface area contributed by atoms with Crippen LogP contribution in [0.5, 0.6) is 0 Å². The lowest BCUT2D eigenvalue weighted by atomic mass is 10.1. The Balaban J connectivity index is 2.73. The monoisotopic (exact) mass is 289 g/mol. The van der Waals surface area contributed by atoms with E-state index < -0.39 is 6.04 Å². The van der Waals surface area contributed by atoms with Gasteiger partial charge in [0.1, 0.15) is 5.82 Å². The van der Waals surface area contributed by atoms with E-state index in [0.717, 1.165) is 4.47 Å². The SMILES string of the molecule is CC(C)(C)OCC(N)c1cc(Br)ccc1F. The molecule has 2 N–H and O–H groups in total. The number of hydrogen-bond donors (Lipinski definition) is 1. The van der Waals surface area contributed by atoms with Crippen molar-refractivity contribution in [3.05, 3.63) is 34.1 Å². The lowest BCUT2D eigenvalue weighted by Gasteiger charge is -2.22. The van der Waals surface area contributed by atoms with E-state index in [4.69, 9.17) is 10.5 Å². The van der Waals surface area contributed by atoms with Gasteiger partial charge in [-0.2, -0.15) is 0 Å². The fourth-order valence-electron chi connectivity index (χ4n) is 1.23. The average Bonchev–Trinajstić information content (AvgIpc) is 2.17. The average molecular weight is 290 g/mol. The van der Waals surface area contributed by atoms with Crippen LogP contribution in [0.3, 0.4) is 0 Å². The third-order valence-corrected chi connectivity index (χ3v) is 2.55. The van der Waals surface area contributed by atoms with Crippen LogP contribution in [0.4, 0.5) is 4.39 Å². The van der Waals surface area contributed by atoms with Crippen LogP contribution in [0.15, 0.2) is 22.7 Å². The van der Waals surface area contributed by atoms with Crippen molar-refractivity contribution >= 4 is 15.9 Å². The maximum absolute atomic E-state index is 13.5. The van der Waals surface area contributed by atoms with Crippen molar-refractivity contribution in [2.45, 2.75) is 32.4 Å². The molecule has 0 fully saturated rings. The minimum Gasteiger partial charge on any atom is -0.374 e. The maximum Gasteiger partial charge on any atom is 0.128 e. The maximum atomic E-state index is 13.5. The van der Waals surface area contributed by atoms with Crippen LogP contribution in [-0.4, -0.2) is 12.2 Å². The summed E-state index contributed by atoms with van der Waals surface area (Å²) in [6.07, 6.45) is 0. The van der Waals surface area contributed by atoms with E-state index in [9.17, 15) is 4.39 Å². The molecule has 0 aliphatic heterocycles. The fourth-order valence-corrected chi connectivity index (χ4v) is 1.61. The van der Waals surface area contributed by atoms with E-state index in [-0.39, 0.29) is 11.4 Å². The highest BCUT2D eigenvalue weighted by Crippen LogP contribution is 2.21. The summed E-state index contributed by atoms with van der Waals surface area (Å²) in [5, 5.41) is 0. The minimum atomic E-state index is -0.447. The first-order valence-electron chi connectivity index (χ1n) is 5.14. The summed E-state index contributed by atoms with van der Waals surface area (Å²) in [6.45, 7) is 6.13. The lowest BCUT2D eigenvalue weighted by molar-refractivity contribution is -0.0106. The zero-order valence-electron chi connectivity index (χ0n) is 9.76. The van der Waals surface area contributed by atoms with E-state index >= 15 is 0 Å². The predicted octanol–water partition coefficient (Wildman–Crippen LogP) is 3.40. The Morgan fingerprint density at radius 3 is 2.62 bits per heavy atom. The van der Waals surface area contributed by atoms with Crippen molar-refractivity contribution in [2.75, 3.05) is 6.61 Å². The predicted molar refractivity (Wildman–Crippen MR) is 66.7 cm³/mol. The molecule has 0 heterocycles. The molecule has 0 aliphatic carbocycles. The number of hydrogen-bond acceptors (Lipinski definition) is 2. The number of ether oxygens (including phenoxy) is 1. The summed E-state index contributed by atoms with van der Waals surface area (Å²) in [7, 11) is 0. The Morgan fingerprint density at radius 2 is 2.06 bits per heavy atom. The Hall–Kier alpha value is -0.450. The molecule has 1 unspecified atom stereocenters. The van der Waals surface area contributed by atoms with E-state index in [0.29, 0.717) is 12.2 Å². The van der Waals surface area contributed by atoms with Gasteiger partial charge < -0.3 is 10.5 Å². The van der Waals surface area contributed by atoms with E-state index in [1.54, 1.807) is 12.1 Å². The summed E-state index contributed by atoms with van der Waals surface area (Å²) >= 11 is 3.29. The molecule has 4 heteroatoms. The molecule has 0 aromatic heterocycles. The van der Waals surface area contributed by atoms with Gasteiger partial charge >= 0.3 is 0 Å². The zero-order valence-corrected chi connectivity index (χ0v) is 11.3. The Kier molecular flexibility index (Phi) is 4.47. The van der Waals surface area contributed by atoms with Crippen molar-refractivity contribution in [1.82, 2.24) is 0 Å². The molecule has 1 atom stereocenters. The van der Waals surface area contributed by atoms with Crippen molar-refractivity contribution < 1.29 is 9.13 Å². The Morgan fingerprint density at radius 1 is 1.44 bits per heavy atom. The van der Waals surface area contributed by atoms with Crippen LogP contribution in [0, 0.1) is 5.82 Å². The van der Waals surface area contributed by atoms with Gasteiger partial charge in [0.25, 0.3) is 0 Å². The van der Waals surface area contributed by atoms with Crippen LogP contribution in [0.1, 0.15) is 32.4 Å². The minimum absolute atomic E-state index is 0.264. The van der Waals surface area contributed by atoms with Gasteiger partial charge in [-0.15, -0.1) is 0 Å². The second-order valence-electron chi connectivity index (χ2n) is 4.70. The molecule has 0 spiro atoms. The van der Waals surface area contributed by atoms with E-state index in [1.807, 2.05) is 20.8 Å². The molecule has 0 amide bonds. The third kappa shape index (κ3) is 4.20. The number of nitrogens with two attached hydrogens (primary N) is 1. The number of halogens is 2. The molecule has 16 heavy (non-hydrogen) atoms. The van der Waals surface area contributed by atoms with Crippen molar-refractivity contribution in [3.8, 4) is 0 Å². The van der Waals surface area contributed by atoms with Crippen LogP contribution in [0.25, 0.3) is 0 Å². The van der Waals surface area contributed by atoms with E-state index in [1.165, 1.54) is 6.07 Å². The molecule has 0 aliphatic rings. The molecule has 1 rings (SSSR count). The van der Waals surface area contributed by atoms with Crippen molar-refractivity contribution in [2.24, 2.45) is 5.73 Å². The highest BCUT2D eigenvalue weighted by atomic mass is 79.9. The smallest absolute Gasteiger partial charge is 0.128 e.